The highest BCUT2D eigenvalue weighted by molar-refractivity contribution is 5.46. The number of likely N-dealkylation sites (tertiary alicyclic amines) is 1. The summed E-state index contributed by atoms with van der Waals surface area (Å²) in [5, 5.41) is 10.4. The number of aliphatic hydroxyl groups excluding tert-OH is 1. The van der Waals surface area contributed by atoms with E-state index in [-0.39, 0.29) is 5.75 Å². The van der Waals surface area contributed by atoms with Gasteiger partial charge in [0.2, 0.25) is 0 Å². The second-order valence-corrected chi connectivity index (χ2v) is 5.64. The molecule has 2 aliphatic heterocycles. The van der Waals surface area contributed by atoms with Gasteiger partial charge >= 0.3 is 0 Å². The van der Waals surface area contributed by atoms with Crippen LogP contribution in [0, 0.1) is 5.82 Å². The van der Waals surface area contributed by atoms with E-state index in [0.29, 0.717) is 31.1 Å². The summed E-state index contributed by atoms with van der Waals surface area (Å²) >= 11 is 0. The molecule has 0 aromatic heterocycles. The summed E-state index contributed by atoms with van der Waals surface area (Å²) in [6.07, 6.45) is 1.42. The summed E-state index contributed by atoms with van der Waals surface area (Å²) in [4.78, 5) is 2.22. The Labute approximate surface area is 123 Å². The second kappa shape index (κ2) is 6.17. The lowest BCUT2D eigenvalue weighted by Gasteiger charge is -2.26. The zero-order valence-electron chi connectivity index (χ0n) is 11.9. The molecule has 1 fully saturated rings. The van der Waals surface area contributed by atoms with Gasteiger partial charge in [0.15, 0.2) is 17.3 Å². The predicted molar refractivity (Wildman–Crippen MR) is 76.0 cm³/mol. The molecule has 0 bridgehead atoms. The Balaban J connectivity index is 1.74. The van der Waals surface area contributed by atoms with Crippen LogP contribution in [0.1, 0.15) is 24.5 Å². The fourth-order valence-electron chi connectivity index (χ4n) is 2.91. The van der Waals surface area contributed by atoms with Gasteiger partial charge < -0.3 is 25.2 Å². The number of hydrogen-bond acceptors (Lipinski definition) is 5. The molecule has 0 amide bonds. The summed E-state index contributed by atoms with van der Waals surface area (Å²) in [7, 11) is 0. The average molecular weight is 296 g/mol. The first kappa shape index (κ1) is 14.6. The quantitative estimate of drug-likeness (QED) is 0.869. The van der Waals surface area contributed by atoms with Gasteiger partial charge in [-0.15, -0.1) is 0 Å². The van der Waals surface area contributed by atoms with Gasteiger partial charge in [0.1, 0.15) is 13.2 Å². The lowest BCUT2D eigenvalue weighted by atomic mass is 10.0. The fraction of sp³-hybridized carbons (Fsp3) is 0.600. The van der Waals surface area contributed by atoms with Crippen LogP contribution in [0.15, 0.2) is 12.1 Å². The Kier molecular flexibility index (Phi) is 4.28. The molecule has 1 aromatic carbocycles. The van der Waals surface area contributed by atoms with Crippen LogP contribution in [0.25, 0.3) is 0 Å². The van der Waals surface area contributed by atoms with Gasteiger partial charge in [-0.1, -0.05) is 0 Å². The monoisotopic (exact) mass is 296 g/mol. The Morgan fingerprint density at radius 2 is 1.95 bits per heavy atom. The van der Waals surface area contributed by atoms with Crippen LogP contribution in [0.3, 0.4) is 0 Å². The number of benzene rings is 1. The molecule has 116 valence electrons. The topological polar surface area (TPSA) is 68.0 Å². The predicted octanol–water partition coefficient (Wildman–Crippen LogP) is 1.05. The number of ether oxygens (including phenoxy) is 2. The minimum absolute atomic E-state index is 0.116. The Bertz CT molecular complexity index is 506. The van der Waals surface area contributed by atoms with Crippen molar-refractivity contribution < 1.29 is 19.0 Å². The molecule has 0 spiro atoms. The maximum absolute atomic E-state index is 14.0. The van der Waals surface area contributed by atoms with Crippen LogP contribution in [0.2, 0.25) is 0 Å². The van der Waals surface area contributed by atoms with Crippen molar-refractivity contribution in [1.82, 2.24) is 4.90 Å². The molecule has 1 aromatic rings. The van der Waals surface area contributed by atoms with Crippen molar-refractivity contribution in [2.45, 2.75) is 25.0 Å². The van der Waals surface area contributed by atoms with Crippen molar-refractivity contribution in [2.75, 3.05) is 32.8 Å². The van der Waals surface area contributed by atoms with Gasteiger partial charge in [0.25, 0.3) is 0 Å². The number of nitrogens with two attached hydrogens (primary N) is 1. The Hall–Kier alpha value is -1.37. The largest absolute Gasteiger partial charge is 0.486 e. The summed E-state index contributed by atoms with van der Waals surface area (Å²) in [6, 6.07) is 2.44. The fourth-order valence-corrected chi connectivity index (χ4v) is 2.91. The molecule has 3 rings (SSSR count). The SMILES string of the molecule is N[C@H](CN1CCCC1)C(O)c1cc(F)c2c(c1)OCCO2. The van der Waals surface area contributed by atoms with E-state index in [2.05, 4.69) is 4.90 Å². The maximum Gasteiger partial charge on any atom is 0.197 e. The van der Waals surface area contributed by atoms with Crippen LogP contribution >= 0.6 is 0 Å². The van der Waals surface area contributed by atoms with Gasteiger partial charge in [-0.2, -0.15) is 0 Å². The highest BCUT2D eigenvalue weighted by atomic mass is 19.1. The van der Waals surface area contributed by atoms with E-state index < -0.39 is 18.0 Å². The molecule has 2 aliphatic rings. The molecule has 0 radical (unpaired) electrons. The molecule has 21 heavy (non-hydrogen) atoms. The third-order valence-corrected chi connectivity index (χ3v) is 4.03. The third-order valence-electron chi connectivity index (χ3n) is 4.03. The molecule has 1 saturated heterocycles. The highest BCUT2D eigenvalue weighted by Crippen LogP contribution is 2.36. The number of hydrogen-bond donors (Lipinski definition) is 2. The van der Waals surface area contributed by atoms with E-state index in [4.69, 9.17) is 15.2 Å². The van der Waals surface area contributed by atoms with Crippen molar-refractivity contribution in [3.63, 3.8) is 0 Å². The van der Waals surface area contributed by atoms with Crippen molar-refractivity contribution in [1.29, 1.82) is 0 Å². The summed E-state index contributed by atoms with van der Waals surface area (Å²) in [5.74, 6) is -0.0661. The highest BCUT2D eigenvalue weighted by Gasteiger charge is 2.25. The minimum Gasteiger partial charge on any atom is -0.486 e. The molecule has 0 aliphatic carbocycles. The van der Waals surface area contributed by atoms with Gasteiger partial charge in [-0.3, -0.25) is 0 Å². The first-order valence-corrected chi connectivity index (χ1v) is 7.40. The molecule has 1 unspecified atom stereocenters. The van der Waals surface area contributed by atoms with Crippen molar-refractivity contribution in [3.05, 3.63) is 23.5 Å². The molecule has 2 atom stereocenters. The number of halogens is 1. The number of nitrogens with zero attached hydrogens (tertiary/aromatic N) is 1. The summed E-state index contributed by atoms with van der Waals surface area (Å²) in [6.45, 7) is 3.34. The van der Waals surface area contributed by atoms with Crippen LogP contribution in [0.4, 0.5) is 4.39 Å². The van der Waals surface area contributed by atoms with Crippen LogP contribution in [-0.2, 0) is 0 Å². The van der Waals surface area contributed by atoms with Crippen molar-refractivity contribution in [3.8, 4) is 11.5 Å². The smallest absolute Gasteiger partial charge is 0.197 e. The first-order chi connectivity index (χ1) is 10.1. The van der Waals surface area contributed by atoms with Crippen LogP contribution < -0.4 is 15.2 Å². The summed E-state index contributed by atoms with van der Waals surface area (Å²) < 4.78 is 24.6. The average Bonchev–Trinajstić information content (AvgIpc) is 2.99. The van der Waals surface area contributed by atoms with Gasteiger partial charge in [-0.25, -0.2) is 4.39 Å². The number of aliphatic hydroxyl groups is 1. The molecule has 2 heterocycles. The summed E-state index contributed by atoms with van der Waals surface area (Å²) in [5.41, 5.74) is 6.50. The third kappa shape index (κ3) is 3.12. The zero-order chi connectivity index (χ0) is 14.8. The lowest BCUT2D eigenvalue weighted by Crippen LogP contribution is -2.40. The minimum atomic E-state index is -0.920. The molecular weight excluding hydrogens is 275 g/mol. The second-order valence-electron chi connectivity index (χ2n) is 5.64. The normalized spacial score (nSPS) is 21.3. The van der Waals surface area contributed by atoms with E-state index in [1.165, 1.54) is 18.9 Å². The first-order valence-electron chi connectivity index (χ1n) is 7.40. The standard InChI is InChI=1S/C15H21FN2O3/c16-11-7-10(8-13-15(11)21-6-5-20-13)14(19)12(17)9-18-3-1-2-4-18/h7-8,12,14,19H,1-6,9,17H2/t12-,14?/m1/s1. The van der Waals surface area contributed by atoms with E-state index in [1.807, 2.05) is 0 Å². The van der Waals surface area contributed by atoms with E-state index >= 15 is 0 Å². The molecule has 3 N–H and O–H groups in total. The Morgan fingerprint density at radius 1 is 1.24 bits per heavy atom. The van der Waals surface area contributed by atoms with Gasteiger partial charge in [-0.05, 0) is 43.6 Å². The van der Waals surface area contributed by atoms with Crippen molar-refractivity contribution in [2.24, 2.45) is 5.73 Å². The maximum atomic E-state index is 14.0. The van der Waals surface area contributed by atoms with Crippen molar-refractivity contribution >= 4 is 0 Å². The Morgan fingerprint density at radius 3 is 2.71 bits per heavy atom. The zero-order valence-corrected chi connectivity index (χ0v) is 11.9. The van der Waals surface area contributed by atoms with Crippen LogP contribution in [-0.4, -0.2) is 48.9 Å². The molecule has 6 heteroatoms. The van der Waals surface area contributed by atoms with Gasteiger partial charge in [0.05, 0.1) is 6.10 Å². The molecular formula is C15H21FN2O3. The number of rotatable bonds is 4. The molecule has 5 nitrogen and oxygen atoms in total. The van der Waals surface area contributed by atoms with E-state index in [1.54, 1.807) is 6.07 Å². The van der Waals surface area contributed by atoms with Gasteiger partial charge in [0, 0.05) is 12.6 Å². The molecule has 0 saturated carbocycles. The van der Waals surface area contributed by atoms with Crippen LogP contribution in [0.5, 0.6) is 11.5 Å². The number of fused-ring (bicyclic) bond motifs is 1. The van der Waals surface area contributed by atoms with E-state index in [9.17, 15) is 9.50 Å². The lowest BCUT2D eigenvalue weighted by molar-refractivity contribution is 0.122. The van der Waals surface area contributed by atoms with E-state index in [0.717, 1.165) is 13.1 Å².